The topological polar surface area (TPSA) is 12.9 Å². The summed E-state index contributed by atoms with van der Waals surface area (Å²) < 4.78 is 0. The maximum Gasteiger partial charge on any atom is 0.141 e. The Kier molecular flexibility index (Phi) is 2.78. The zero-order chi connectivity index (χ0) is 10.8. The van der Waals surface area contributed by atoms with Crippen molar-refractivity contribution in [1.29, 1.82) is 0 Å². The minimum absolute atomic E-state index is 0.752. The minimum atomic E-state index is 0.752. The Morgan fingerprint density at radius 1 is 1.20 bits per heavy atom. The third-order valence-corrected chi connectivity index (χ3v) is 2.76. The van der Waals surface area contributed by atoms with Crippen molar-refractivity contribution in [2.75, 3.05) is 0 Å². The van der Waals surface area contributed by atoms with Crippen LogP contribution in [0.2, 0.25) is 5.02 Å². The molecule has 0 aliphatic heterocycles. The largest absolute Gasteiger partial charge is 0.257 e. The average Bonchev–Trinajstić information content (AvgIpc) is 2.23. The molecule has 0 atom stereocenters. The molecule has 0 unspecified atom stereocenters. The van der Waals surface area contributed by atoms with E-state index in [4.69, 9.17) is 11.6 Å². The minimum Gasteiger partial charge on any atom is -0.257 e. The van der Waals surface area contributed by atoms with Crippen molar-refractivity contribution in [2.24, 2.45) is 0 Å². The summed E-state index contributed by atoms with van der Waals surface area (Å²) in [6.07, 6.45) is 1.90. The van der Waals surface area contributed by atoms with Crippen molar-refractivity contribution in [1.82, 2.24) is 4.98 Å². The number of hydrogen-bond acceptors (Lipinski definition) is 1. The summed E-state index contributed by atoms with van der Waals surface area (Å²) in [7, 11) is 2.06. The maximum absolute atomic E-state index is 5.84. The Labute approximate surface area is 95.5 Å². The van der Waals surface area contributed by atoms with Crippen LogP contribution in [0.3, 0.4) is 0 Å². The van der Waals surface area contributed by atoms with Crippen LogP contribution in [0.25, 0.3) is 11.3 Å². The number of halogens is 1. The average molecular weight is 215 g/mol. The molecule has 0 fully saturated rings. The number of pyridine rings is 1. The van der Waals surface area contributed by atoms with Crippen LogP contribution in [0.5, 0.6) is 0 Å². The molecule has 1 heterocycles. The zero-order valence-electron chi connectivity index (χ0n) is 8.79. The number of benzene rings is 1. The summed E-state index contributed by atoms with van der Waals surface area (Å²) in [5, 5.41) is 0.752. The van der Waals surface area contributed by atoms with Gasteiger partial charge in [0, 0.05) is 16.8 Å². The van der Waals surface area contributed by atoms with Gasteiger partial charge in [-0.25, -0.2) is 0 Å². The van der Waals surface area contributed by atoms with Gasteiger partial charge in [-0.3, -0.25) is 4.98 Å². The number of aromatic nitrogens is 1. The van der Waals surface area contributed by atoms with Crippen LogP contribution in [0.15, 0.2) is 36.5 Å². The summed E-state index contributed by atoms with van der Waals surface area (Å²) in [4.78, 5) is 4.40. The van der Waals surface area contributed by atoms with E-state index in [2.05, 4.69) is 25.8 Å². The summed E-state index contributed by atoms with van der Waals surface area (Å²) in [5.41, 5.74) is 4.57. The molecular weight excluding hydrogens is 204 g/mol. The molecule has 15 heavy (non-hydrogen) atoms. The summed E-state index contributed by atoms with van der Waals surface area (Å²) in [6, 6.07) is 9.83. The van der Waals surface area contributed by atoms with Gasteiger partial charge >= 0.3 is 0 Å². The third-order valence-electron chi connectivity index (χ3n) is 2.51. The van der Waals surface area contributed by atoms with Crippen LogP contribution in [0.4, 0.5) is 0 Å². The summed E-state index contributed by atoms with van der Waals surface area (Å²) >= 11 is 5.84. The number of hydrogen-bond donors (Lipinski definition) is 0. The first-order valence-corrected chi connectivity index (χ1v) is 5.24. The van der Waals surface area contributed by atoms with Crippen molar-refractivity contribution < 1.29 is 0 Å². The Bertz CT molecular complexity index is 479. The standard InChI is InChI=1S/C12H11BClN/c1-8-6-12(15-7-11(8)13)9-2-4-10(14)5-3-9/h2-7H,13H2,1H3. The first-order valence-electron chi connectivity index (χ1n) is 4.86. The van der Waals surface area contributed by atoms with Gasteiger partial charge in [-0.15, -0.1) is 0 Å². The van der Waals surface area contributed by atoms with Crippen molar-refractivity contribution >= 4 is 24.9 Å². The fraction of sp³-hybridized carbons (Fsp3) is 0.0833. The lowest BCUT2D eigenvalue weighted by atomic mass is 9.92. The van der Waals surface area contributed by atoms with E-state index in [1.54, 1.807) is 0 Å². The van der Waals surface area contributed by atoms with Gasteiger partial charge in [-0.2, -0.15) is 0 Å². The second-order valence-electron chi connectivity index (χ2n) is 3.66. The van der Waals surface area contributed by atoms with Gasteiger partial charge in [0.15, 0.2) is 0 Å². The monoisotopic (exact) mass is 215 g/mol. The van der Waals surface area contributed by atoms with E-state index in [0.717, 1.165) is 16.3 Å². The molecule has 3 heteroatoms. The molecule has 2 rings (SSSR count). The predicted octanol–water partition coefficient (Wildman–Crippen LogP) is 1.97. The highest BCUT2D eigenvalue weighted by Gasteiger charge is 2.00. The molecular formula is C12H11BClN. The van der Waals surface area contributed by atoms with Crippen molar-refractivity contribution in [2.45, 2.75) is 6.92 Å². The Hall–Kier alpha value is -1.28. The van der Waals surface area contributed by atoms with E-state index in [1.165, 1.54) is 11.0 Å². The van der Waals surface area contributed by atoms with E-state index in [-0.39, 0.29) is 0 Å². The molecule has 0 spiro atoms. The molecule has 0 N–H and O–H groups in total. The van der Waals surface area contributed by atoms with Gasteiger partial charge in [0.25, 0.3) is 0 Å². The van der Waals surface area contributed by atoms with E-state index < -0.39 is 0 Å². The molecule has 2 aromatic rings. The number of rotatable bonds is 1. The maximum atomic E-state index is 5.84. The van der Waals surface area contributed by atoms with Gasteiger partial charge in [-0.05, 0) is 25.1 Å². The number of aryl methyl sites for hydroxylation is 1. The summed E-state index contributed by atoms with van der Waals surface area (Å²) in [6.45, 7) is 2.09. The SMILES string of the molecule is Bc1cnc(-c2ccc(Cl)cc2)cc1C. The fourth-order valence-corrected chi connectivity index (χ4v) is 1.53. The molecule has 74 valence electrons. The van der Waals surface area contributed by atoms with Crippen LogP contribution in [-0.2, 0) is 0 Å². The molecule has 0 radical (unpaired) electrons. The second kappa shape index (κ2) is 4.07. The molecule has 0 bridgehead atoms. The van der Waals surface area contributed by atoms with Crippen LogP contribution < -0.4 is 5.46 Å². The summed E-state index contributed by atoms with van der Waals surface area (Å²) in [5.74, 6) is 0. The molecule has 0 aliphatic carbocycles. The van der Waals surface area contributed by atoms with Gasteiger partial charge < -0.3 is 0 Å². The highest BCUT2D eigenvalue weighted by atomic mass is 35.5. The van der Waals surface area contributed by atoms with Crippen molar-refractivity contribution in [3.8, 4) is 11.3 Å². The highest BCUT2D eigenvalue weighted by molar-refractivity contribution is 6.33. The smallest absolute Gasteiger partial charge is 0.141 e. The molecule has 1 aromatic carbocycles. The van der Waals surface area contributed by atoms with Crippen LogP contribution in [-0.4, -0.2) is 12.8 Å². The van der Waals surface area contributed by atoms with Gasteiger partial charge in [0.1, 0.15) is 7.85 Å². The lowest BCUT2D eigenvalue weighted by Gasteiger charge is -2.04. The van der Waals surface area contributed by atoms with Crippen LogP contribution in [0, 0.1) is 6.92 Å². The quantitative estimate of drug-likeness (QED) is 0.663. The van der Waals surface area contributed by atoms with Crippen LogP contribution >= 0.6 is 11.6 Å². The van der Waals surface area contributed by atoms with Crippen molar-refractivity contribution in [3.63, 3.8) is 0 Å². The Morgan fingerprint density at radius 3 is 2.47 bits per heavy atom. The molecule has 0 aliphatic rings. The first-order chi connectivity index (χ1) is 7.16. The molecule has 0 amide bonds. The normalized spacial score (nSPS) is 10.3. The number of nitrogens with zero attached hydrogens (tertiary/aromatic N) is 1. The fourth-order valence-electron chi connectivity index (χ4n) is 1.40. The van der Waals surface area contributed by atoms with E-state index in [1.807, 2.05) is 30.5 Å². The first kappa shape index (κ1) is 10.2. The van der Waals surface area contributed by atoms with Gasteiger partial charge in [-0.1, -0.05) is 34.8 Å². The van der Waals surface area contributed by atoms with Crippen LogP contribution in [0.1, 0.15) is 5.56 Å². The lowest BCUT2D eigenvalue weighted by molar-refractivity contribution is 1.31. The predicted molar refractivity (Wildman–Crippen MR) is 67.6 cm³/mol. The Morgan fingerprint density at radius 2 is 1.87 bits per heavy atom. The Balaban J connectivity index is 2.45. The molecule has 0 saturated heterocycles. The van der Waals surface area contributed by atoms with E-state index >= 15 is 0 Å². The molecule has 1 nitrogen and oxygen atoms in total. The van der Waals surface area contributed by atoms with Crippen molar-refractivity contribution in [3.05, 3.63) is 47.1 Å². The van der Waals surface area contributed by atoms with E-state index in [9.17, 15) is 0 Å². The van der Waals surface area contributed by atoms with Gasteiger partial charge in [0.05, 0.1) is 5.69 Å². The lowest BCUT2D eigenvalue weighted by Crippen LogP contribution is -2.08. The van der Waals surface area contributed by atoms with Gasteiger partial charge in [0.2, 0.25) is 0 Å². The second-order valence-corrected chi connectivity index (χ2v) is 4.10. The molecule has 1 aromatic heterocycles. The highest BCUT2D eigenvalue weighted by Crippen LogP contribution is 2.19. The zero-order valence-corrected chi connectivity index (χ0v) is 9.55. The third kappa shape index (κ3) is 2.21. The van der Waals surface area contributed by atoms with E-state index in [0.29, 0.717) is 0 Å². The molecule has 0 saturated carbocycles.